The van der Waals surface area contributed by atoms with Gasteiger partial charge in [-0.2, -0.15) is 0 Å². The molecule has 55 heavy (non-hydrogen) atoms. The van der Waals surface area contributed by atoms with Gasteiger partial charge in [-0.15, -0.1) is 0 Å². The molecule has 14 nitrogen and oxygen atoms in total. The van der Waals surface area contributed by atoms with Gasteiger partial charge in [0.15, 0.2) is 0 Å². The maximum atomic E-state index is 13.6. The van der Waals surface area contributed by atoms with Crippen LogP contribution in [0.5, 0.6) is 0 Å². The van der Waals surface area contributed by atoms with Gasteiger partial charge >= 0.3 is 18.2 Å². The van der Waals surface area contributed by atoms with Gasteiger partial charge in [-0.25, -0.2) is 24.8 Å². The van der Waals surface area contributed by atoms with Crippen LogP contribution in [0.1, 0.15) is 87.2 Å². The zero-order valence-electron chi connectivity index (χ0n) is 32.1. The van der Waals surface area contributed by atoms with E-state index >= 15 is 0 Å². The normalized spacial score (nSPS) is 11.8. The van der Waals surface area contributed by atoms with E-state index in [1.54, 1.807) is 84.1 Å². The number of nitrogens with one attached hydrogen (secondary N) is 3. The SMILES string of the molecule is CC(C)CN(C(=O)c1ccc(C#Cc2ccc(-c3cc(C(=O)NNC(=O)OC(C)(C)C)c4cnccc4n3)cc2)cc1)C(CNC(=O)OC(C)(C)C)C(=O)O. The maximum absolute atomic E-state index is 13.6. The van der Waals surface area contributed by atoms with Crippen LogP contribution in [0.15, 0.2) is 73.1 Å². The van der Waals surface area contributed by atoms with E-state index < -0.39 is 47.2 Å². The summed E-state index contributed by atoms with van der Waals surface area (Å²) in [6.07, 6.45) is 1.52. The predicted molar refractivity (Wildman–Crippen MR) is 206 cm³/mol. The van der Waals surface area contributed by atoms with E-state index in [1.807, 2.05) is 38.1 Å². The molecule has 1 atom stereocenters. The number of hydrazine groups is 1. The molecule has 0 spiro atoms. The maximum Gasteiger partial charge on any atom is 0.426 e. The predicted octanol–water partition coefficient (Wildman–Crippen LogP) is 5.94. The lowest BCUT2D eigenvalue weighted by Gasteiger charge is -2.31. The molecule has 0 bridgehead atoms. The number of pyridine rings is 2. The fraction of sp³-hybridized carbons (Fsp3) is 0.341. The first-order valence-corrected chi connectivity index (χ1v) is 17.6. The minimum Gasteiger partial charge on any atom is -0.480 e. The van der Waals surface area contributed by atoms with Gasteiger partial charge in [-0.3, -0.25) is 20.0 Å². The van der Waals surface area contributed by atoms with Crippen molar-refractivity contribution in [1.82, 2.24) is 31.0 Å². The van der Waals surface area contributed by atoms with E-state index in [1.165, 1.54) is 11.1 Å². The Bertz CT molecular complexity index is 2110. The highest BCUT2D eigenvalue weighted by atomic mass is 16.6. The fourth-order valence-electron chi connectivity index (χ4n) is 5.18. The lowest BCUT2D eigenvalue weighted by molar-refractivity contribution is -0.142. The van der Waals surface area contributed by atoms with Crippen molar-refractivity contribution in [1.29, 1.82) is 0 Å². The van der Waals surface area contributed by atoms with Crippen molar-refractivity contribution >= 4 is 40.9 Å². The summed E-state index contributed by atoms with van der Waals surface area (Å²) in [5.41, 5.74) is 6.73. The second kappa shape index (κ2) is 17.6. The van der Waals surface area contributed by atoms with Crippen LogP contribution in [-0.4, -0.2) is 80.3 Å². The molecule has 14 heteroatoms. The molecule has 0 saturated carbocycles. The number of nitrogens with zero attached hydrogens (tertiary/aromatic N) is 3. The summed E-state index contributed by atoms with van der Waals surface area (Å²) in [6.45, 7) is 13.8. The Hall–Kier alpha value is -6.49. The highest BCUT2D eigenvalue weighted by molar-refractivity contribution is 6.07. The van der Waals surface area contributed by atoms with Crippen molar-refractivity contribution in [3.05, 3.63) is 95.3 Å². The molecule has 2 heterocycles. The molecule has 1 unspecified atom stereocenters. The molecule has 0 fully saturated rings. The molecule has 2 aromatic heterocycles. The molecular weight excluding hydrogens is 704 g/mol. The van der Waals surface area contributed by atoms with Gasteiger partial charge < -0.3 is 24.8 Å². The number of aliphatic carboxylic acids is 1. The molecule has 4 aromatic rings. The third-order valence-corrected chi connectivity index (χ3v) is 7.52. The Kier molecular flexibility index (Phi) is 13.2. The van der Waals surface area contributed by atoms with E-state index in [0.29, 0.717) is 33.3 Å². The molecule has 288 valence electrons. The van der Waals surface area contributed by atoms with E-state index in [4.69, 9.17) is 14.5 Å². The Morgan fingerprint density at radius 3 is 1.96 bits per heavy atom. The van der Waals surface area contributed by atoms with Crippen LogP contribution in [0.25, 0.3) is 22.2 Å². The summed E-state index contributed by atoms with van der Waals surface area (Å²) in [5.74, 6) is 3.79. The van der Waals surface area contributed by atoms with Crippen LogP contribution in [-0.2, 0) is 14.3 Å². The number of aromatic nitrogens is 2. The number of carboxylic acids is 1. The lowest BCUT2D eigenvalue weighted by Crippen LogP contribution is -2.52. The second-order valence-electron chi connectivity index (χ2n) is 15.0. The van der Waals surface area contributed by atoms with Crippen LogP contribution in [0.3, 0.4) is 0 Å². The minimum atomic E-state index is -1.32. The summed E-state index contributed by atoms with van der Waals surface area (Å²) < 4.78 is 10.4. The van der Waals surface area contributed by atoms with E-state index in [2.05, 4.69) is 33.0 Å². The van der Waals surface area contributed by atoms with E-state index in [9.17, 15) is 29.1 Å². The van der Waals surface area contributed by atoms with Crippen molar-refractivity contribution in [3.63, 3.8) is 0 Å². The van der Waals surface area contributed by atoms with Crippen molar-refractivity contribution < 1.29 is 38.6 Å². The number of hydrogen-bond donors (Lipinski definition) is 4. The second-order valence-corrected chi connectivity index (χ2v) is 15.0. The summed E-state index contributed by atoms with van der Waals surface area (Å²) in [4.78, 5) is 73.4. The van der Waals surface area contributed by atoms with Crippen LogP contribution in [0, 0.1) is 17.8 Å². The number of alkyl carbamates (subject to hydrolysis) is 1. The molecule has 0 saturated heterocycles. The first-order chi connectivity index (χ1) is 25.8. The van der Waals surface area contributed by atoms with Crippen molar-refractivity contribution in [2.24, 2.45) is 5.92 Å². The molecule has 0 aliphatic heterocycles. The zero-order valence-corrected chi connectivity index (χ0v) is 32.1. The molecular formula is C41H46N6O8. The molecule has 4 amide bonds. The Morgan fingerprint density at radius 1 is 0.818 bits per heavy atom. The summed E-state index contributed by atoms with van der Waals surface area (Å²) in [6, 6.07) is 15.8. The molecule has 4 N–H and O–H groups in total. The monoisotopic (exact) mass is 750 g/mol. The summed E-state index contributed by atoms with van der Waals surface area (Å²) in [5, 5.41) is 13.0. The lowest BCUT2D eigenvalue weighted by atomic mass is 10.0. The zero-order chi connectivity index (χ0) is 40.5. The van der Waals surface area contributed by atoms with Crippen molar-refractivity contribution in [3.8, 4) is 23.1 Å². The number of carbonyl (C=O) groups excluding carboxylic acids is 4. The van der Waals surface area contributed by atoms with Crippen molar-refractivity contribution in [2.45, 2.75) is 72.6 Å². The highest BCUT2D eigenvalue weighted by Crippen LogP contribution is 2.25. The summed E-state index contributed by atoms with van der Waals surface area (Å²) >= 11 is 0. The Labute approximate surface area is 320 Å². The van der Waals surface area contributed by atoms with Gasteiger partial charge in [0, 0.05) is 46.6 Å². The molecule has 4 rings (SSSR count). The van der Waals surface area contributed by atoms with Gasteiger partial charge in [0.1, 0.15) is 17.2 Å². The fourth-order valence-corrected chi connectivity index (χ4v) is 5.18. The van der Waals surface area contributed by atoms with Crippen LogP contribution < -0.4 is 16.2 Å². The van der Waals surface area contributed by atoms with E-state index in [-0.39, 0.29) is 30.1 Å². The van der Waals surface area contributed by atoms with Crippen LogP contribution in [0.2, 0.25) is 0 Å². The quantitative estimate of drug-likeness (QED) is 0.118. The summed E-state index contributed by atoms with van der Waals surface area (Å²) in [7, 11) is 0. The number of ether oxygens (including phenoxy) is 2. The molecule has 0 aliphatic rings. The van der Waals surface area contributed by atoms with Gasteiger partial charge in [-0.1, -0.05) is 37.8 Å². The number of hydrogen-bond acceptors (Lipinski definition) is 9. The largest absolute Gasteiger partial charge is 0.480 e. The highest BCUT2D eigenvalue weighted by Gasteiger charge is 2.32. The molecule has 0 aliphatic carbocycles. The number of rotatable bonds is 9. The van der Waals surface area contributed by atoms with Crippen molar-refractivity contribution in [2.75, 3.05) is 13.1 Å². The number of benzene rings is 2. The third-order valence-electron chi connectivity index (χ3n) is 7.52. The Balaban J connectivity index is 1.49. The average molecular weight is 751 g/mol. The number of carboxylic acid groups (broad SMARTS) is 1. The minimum absolute atomic E-state index is 0.0483. The molecule has 0 radical (unpaired) electrons. The van der Waals surface area contributed by atoms with Gasteiger partial charge in [0.2, 0.25) is 0 Å². The van der Waals surface area contributed by atoms with Crippen LogP contribution in [0.4, 0.5) is 9.59 Å². The standard InChI is InChI=1S/C41H46N6O8/c1-25(2)24-47(34(37(50)51)23-43-38(52)54-40(3,4)5)36(49)29-17-13-27(14-18-29)10-9-26-11-15-28(16-12-26)33-21-30(31-22-42-20-19-32(31)44-33)35(48)45-46-39(53)55-41(6,7)8/h11-22,25,34H,23-24H2,1-8H3,(H,43,52)(H,45,48)(H,46,53)(H,50,51). The van der Waals surface area contributed by atoms with Gasteiger partial charge in [0.25, 0.3) is 11.8 Å². The van der Waals surface area contributed by atoms with Gasteiger partial charge in [-0.05, 0) is 96.0 Å². The Morgan fingerprint density at radius 2 is 1.40 bits per heavy atom. The van der Waals surface area contributed by atoms with Gasteiger partial charge in [0.05, 0.1) is 23.3 Å². The van der Waals surface area contributed by atoms with E-state index in [0.717, 1.165) is 0 Å². The topological polar surface area (TPSA) is 189 Å². The number of amides is 4. The smallest absolute Gasteiger partial charge is 0.426 e. The third kappa shape index (κ3) is 12.3. The first kappa shape index (κ1) is 41.3. The molecule has 2 aromatic carbocycles. The van der Waals surface area contributed by atoms with Crippen LogP contribution >= 0.6 is 0 Å². The number of fused-ring (bicyclic) bond motifs is 1. The number of carbonyl (C=O) groups is 5. The average Bonchev–Trinajstić information content (AvgIpc) is 3.10. The first-order valence-electron chi connectivity index (χ1n) is 17.6.